The van der Waals surface area contributed by atoms with Gasteiger partial charge >= 0.3 is 0 Å². The van der Waals surface area contributed by atoms with Gasteiger partial charge in [0.1, 0.15) is 5.75 Å². The van der Waals surface area contributed by atoms with Crippen LogP contribution in [0.3, 0.4) is 0 Å². The monoisotopic (exact) mass is 468 g/mol. The number of aryl methyl sites for hydroxylation is 1. The number of nitrogens with zero attached hydrogens (tertiary/aromatic N) is 5. The maximum Gasteiger partial charge on any atom is 0.237 e. The highest BCUT2D eigenvalue weighted by Crippen LogP contribution is 2.23. The number of thioether (sulfide) groups is 1. The molecule has 3 rings (SSSR count). The van der Waals surface area contributed by atoms with Crippen molar-refractivity contribution < 1.29 is 14.3 Å². The minimum absolute atomic E-state index is 0.0601. The maximum atomic E-state index is 13.0. The normalized spacial score (nSPS) is 10.7. The summed E-state index contributed by atoms with van der Waals surface area (Å²) in [6, 6.07) is 15.2. The fraction of sp³-hybridized carbons (Fsp3) is 0.348. The van der Waals surface area contributed by atoms with Crippen LogP contribution in [0.15, 0.2) is 53.7 Å². The van der Waals surface area contributed by atoms with Crippen molar-refractivity contribution in [2.24, 2.45) is 5.73 Å². The second kappa shape index (κ2) is 12.0. The molecule has 33 heavy (non-hydrogen) atoms. The fourth-order valence-electron chi connectivity index (χ4n) is 3.20. The van der Waals surface area contributed by atoms with Crippen LogP contribution in [0.4, 0.5) is 5.69 Å². The number of methoxy groups -OCH3 is 1. The minimum atomic E-state index is -0.472. The predicted molar refractivity (Wildman–Crippen MR) is 128 cm³/mol. The lowest BCUT2D eigenvalue weighted by molar-refractivity contribution is -0.118. The highest BCUT2D eigenvalue weighted by atomic mass is 32.2. The Morgan fingerprint density at radius 2 is 1.85 bits per heavy atom. The molecule has 0 aliphatic rings. The van der Waals surface area contributed by atoms with Gasteiger partial charge in [-0.1, -0.05) is 37.2 Å². The molecule has 0 atom stereocenters. The van der Waals surface area contributed by atoms with Gasteiger partial charge in [0.05, 0.1) is 18.6 Å². The first-order chi connectivity index (χ1) is 16.0. The Bertz CT molecular complexity index is 1050. The maximum absolute atomic E-state index is 13.0. The van der Waals surface area contributed by atoms with Crippen molar-refractivity contribution in [2.75, 3.05) is 24.3 Å². The topological polar surface area (TPSA) is 116 Å². The highest BCUT2D eigenvalue weighted by molar-refractivity contribution is 7.99. The summed E-state index contributed by atoms with van der Waals surface area (Å²) in [6.45, 7) is 2.36. The van der Waals surface area contributed by atoms with E-state index in [1.807, 2.05) is 12.1 Å². The van der Waals surface area contributed by atoms with Gasteiger partial charge < -0.3 is 15.4 Å². The molecule has 10 heteroatoms. The second-order valence-corrected chi connectivity index (χ2v) is 8.33. The van der Waals surface area contributed by atoms with Gasteiger partial charge in [-0.05, 0) is 65.2 Å². The zero-order valence-electron chi connectivity index (χ0n) is 18.8. The van der Waals surface area contributed by atoms with Gasteiger partial charge in [0.15, 0.2) is 0 Å². The molecule has 0 saturated heterocycles. The summed E-state index contributed by atoms with van der Waals surface area (Å²) in [6.07, 6.45) is 3.39. The number of unbranched alkanes of at least 4 members (excludes halogenated alkanes) is 1. The van der Waals surface area contributed by atoms with E-state index in [0.717, 1.165) is 24.9 Å². The van der Waals surface area contributed by atoms with Crippen molar-refractivity contribution in [1.29, 1.82) is 0 Å². The highest BCUT2D eigenvalue weighted by Gasteiger charge is 2.19. The lowest BCUT2D eigenvalue weighted by Gasteiger charge is -2.22. The Kier molecular flexibility index (Phi) is 8.82. The van der Waals surface area contributed by atoms with Crippen LogP contribution < -0.4 is 15.4 Å². The summed E-state index contributed by atoms with van der Waals surface area (Å²) >= 11 is 1.23. The number of carbonyl (C=O) groups is 2. The van der Waals surface area contributed by atoms with Crippen LogP contribution in [0.2, 0.25) is 0 Å². The van der Waals surface area contributed by atoms with Crippen LogP contribution in [0.5, 0.6) is 5.75 Å². The minimum Gasteiger partial charge on any atom is -0.497 e. The molecule has 0 saturated carbocycles. The molecular weight excluding hydrogens is 440 g/mol. The molecule has 2 amide bonds. The number of hydrogen-bond acceptors (Lipinski definition) is 7. The van der Waals surface area contributed by atoms with Crippen LogP contribution in [0.1, 0.15) is 31.7 Å². The van der Waals surface area contributed by atoms with Crippen molar-refractivity contribution in [3.8, 4) is 11.4 Å². The van der Waals surface area contributed by atoms with Crippen molar-refractivity contribution in [3.05, 3.63) is 54.1 Å². The van der Waals surface area contributed by atoms with E-state index in [1.54, 1.807) is 36.1 Å². The zero-order chi connectivity index (χ0) is 23.6. The Hall–Kier alpha value is -3.40. The van der Waals surface area contributed by atoms with Crippen molar-refractivity contribution in [2.45, 2.75) is 37.8 Å². The number of amides is 2. The Balaban J connectivity index is 1.70. The largest absolute Gasteiger partial charge is 0.497 e. The Morgan fingerprint density at radius 1 is 1.12 bits per heavy atom. The third kappa shape index (κ3) is 6.79. The molecule has 2 aromatic carbocycles. The van der Waals surface area contributed by atoms with Gasteiger partial charge in [-0.25, -0.2) is 0 Å². The molecule has 0 unspecified atom stereocenters. The van der Waals surface area contributed by atoms with Crippen LogP contribution in [0, 0.1) is 0 Å². The predicted octanol–water partition coefficient (Wildman–Crippen LogP) is 3.01. The van der Waals surface area contributed by atoms with Gasteiger partial charge in [0.2, 0.25) is 17.0 Å². The second-order valence-electron chi connectivity index (χ2n) is 7.39. The van der Waals surface area contributed by atoms with E-state index < -0.39 is 5.91 Å². The first-order valence-corrected chi connectivity index (χ1v) is 11.7. The van der Waals surface area contributed by atoms with Gasteiger partial charge in [-0.15, -0.1) is 5.10 Å². The van der Waals surface area contributed by atoms with Gasteiger partial charge in [0.25, 0.3) is 0 Å². The Morgan fingerprint density at radius 3 is 2.48 bits per heavy atom. The number of tetrazole rings is 1. The number of ether oxygens (including phenoxy) is 1. The molecule has 0 fully saturated rings. The summed E-state index contributed by atoms with van der Waals surface area (Å²) < 4.78 is 6.79. The molecule has 1 heterocycles. The van der Waals surface area contributed by atoms with E-state index in [9.17, 15) is 9.59 Å². The van der Waals surface area contributed by atoms with E-state index in [-0.39, 0.29) is 24.6 Å². The molecule has 0 radical (unpaired) electrons. The number of rotatable bonds is 12. The van der Waals surface area contributed by atoms with E-state index in [0.29, 0.717) is 16.6 Å². The van der Waals surface area contributed by atoms with Crippen molar-refractivity contribution in [1.82, 2.24) is 20.2 Å². The number of nitrogens with two attached hydrogens (primary N) is 1. The van der Waals surface area contributed by atoms with Crippen LogP contribution in [-0.4, -0.2) is 51.4 Å². The van der Waals surface area contributed by atoms with E-state index >= 15 is 0 Å². The average molecular weight is 469 g/mol. The third-order valence-corrected chi connectivity index (χ3v) is 5.94. The number of carbonyl (C=O) groups excluding carboxylic acids is 2. The first kappa shape index (κ1) is 24.2. The van der Waals surface area contributed by atoms with Gasteiger partial charge in [-0.3, -0.25) is 9.59 Å². The standard InChI is InChI=1S/C23H28N6O3S/c1-3-4-5-17-6-8-19(9-7-17)29-23(25-26-27-29)33-16-22(31)28(15-14-21(24)30)18-10-12-20(32-2)13-11-18/h6-13H,3-5,14-16H2,1-2H3,(H2,24,30). The average Bonchev–Trinajstić information content (AvgIpc) is 3.30. The molecule has 2 N–H and O–H groups in total. The molecular formula is C23H28N6O3S. The Labute approximate surface area is 197 Å². The van der Waals surface area contributed by atoms with E-state index in [4.69, 9.17) is 10.5 Å². The van der Waals surface area contributed by atoms with Crippen LogP contribution >= 0.6 is 11.8 Å². The molecule has 3 aromatic rings. The first-order valence-electron chi connectivity index (χ1n) is 10.7. The smallest absolute Gasteiger partial charge is 0.237 e. The summed E-state index contributed by atoms with van der Waals surface area (Å²) in [5.74, 6) is 0.117. The summed E-state index contributed by atoms with van der Waals surface area (Å²) in [5, 5.41) is 12.4. The van der Waals surface area contributed by atoms with Gasteiger partial charge in [-0.2, -0.15) is 4.68 Å². The molecule has 0 bridgehead atoms. The molecule has 174 valence electrons. The summed E-state index contributed by atoms with van der Waals surface area (Å²) in [4.78, 5) is 25.9. The molecule has 9 nitrogen and oxygen atoms in total. The number of hydrogen-bond donors (Lipinski definition) is 1. The SMILES string of the molecule is CCCCc1ccc(-n2nnnc2SCC(=O)N(CCC(N)=O)c2ccc(OC)cc2)cc1. The zero-order valence-corrected chi connectivity index (χ0v) is 19.6. The van der Waals surface area contributed by atoms with E-state index in [2.05, 4.69) is 34.6 Å². The lowest BCUT2D eigenvalue weighted by Crippen LogP contribution is -2.35. The molecule has 1 aromatic heterocycles. The number of benzene rings is 2. The molecule has 0 aliphatic heterocycles. The summed E-state index contributed by atoms with van der Waals surface area (Å²) in [5.41, 5.74) is 8.06. The van der Waals surface area contributed by atoms with Crippen LogP contribution in [-0.2, 0) is 16.0 Å². The quantitative estimate of drug-likeness (QED) is 0.406. The fourth-order valence-corrected chi connectivity index (χ4v) is 3.97. The number of primary amides is 1. The number of aromatic nitrogens is 4. The van der Waals surface area contributed by atoms with Gasteiger partial charge in [0, 0.05) is 18.7 Å². The van der Waals surface area contributed by atoms with Crippen molar-refractivity contribution >= 4 is 29.3 Å². The summed E-state index contributed by atoms with van der Waals surface area (Å²) in [7, 11) is 1.57. The molecule has 0 spiro atoms. The lowest BCUT2D eigenvalue weighted by atomic mass is 10.1. The van der Waals surface area contributed by atoms with Crippen LogP contribution in [0.25, 0.3) is 5.69 Å². The van der Waals surface area contributed by atoms with Crippen molar-refractivity contribution in [3.63, 3.8) is 0 Å². The number of anilines is 1. The third-order valence-electron chi connectivity index (χ3n) is 5.03. The van der Waals surface area contributed by atoms with E-state index in [1.165, 1.54) is 22.2 Å². The molecule has 0 aliphatic carbocycles.